The lowest BCUT2D eigenvalue weighted by atomic mass is 10.0. The Hall–Kier alpha value is -1.73. The molecule has 1 fully saturated rings. The van der Waals surface area contributed by atoms with Gasteiger partial charge >= 0.3 is 0 Å². The lowest BCUT2D eigenvalue weighted by Gasteiger charge is -2.14. The van der Waals surface area contributed by atoms with Crippen molar-refractivity contribution in [1.29, 1.82) is 0 Å². The molecular formula is C14H22N6O. The quantitative estimate of drug-likeness (QED) is 0.847. The summed E-state index contributed by atoms with van der Waals surface area (Å²) in [6.07, 6.45) is 7.09. The second-order valence-corrected chi connectivity index (χ2v) is 5.49. The van der Waals surface area contributed by atoms with Gasteiger partial charge in [-0.15, -0.1) is 0 Å². The molecule has 1 N–H and O–H groups in total. The Morgan fingerprint density at radius 1 is 1.38 bits per heavy atom. The van der Waals surface area contributed by atoms with Crippen molar-refractivity contribution in [3.05, 3.63) is 29.8 Å². The zero-order valence-corrected chi connectivity index (χ0v) is 12.6. The van der Waals surface area contributed by atoms with E-state index in [9.17, 15) is 0 Å². The van der Waals surface area contributed by atoms with Crippen LogP contribution in [0.5, 0.6) is 0 Å². The fourth-order valence-electron chi connectivity index (χ4n) is 2.94. The molecule has 2 aromatic rings. The Balaban J connectivity index is 1.57. The zero-order valence-electron chi connectivity index (χ0n) is 12.6. The molecule has 0 amide bonds. The van der Waals surface area contributed by atoms with Gasteiger partial charge in [0.15, 0.2) is 0 Å². The Morgan fingerprint density at radius 2 is 2.29 bits per heavy atom. The highest BCUT2D eigenvalue weighted by Gasteiger charge is 2.35. The van der Waals surface area contributed by atoms with Crippen LogP contribution in [0, 0.1) is 0 Å². The summed E-state index contributed by atoms with van der Waals surface area (Å²) in [6, 6.07) is 0. The molecule has 7 nitrogen and oxygen atoms in total. The van der Waals surface area contributed by atoms with Gasteiger partial charge in [-0.3, -0.25) is 9.58 Å². The fraction of sp³-hybridized carbons (Fsp3) is 0.643. The number of hydrogen-bond donors (Lipinski definition) is 1. The van der Waals surface area contributed by atoms with Crippen LogP contribution in [0.2, 0.25) is 0 Å². The summed E-state index contributed by atoms with van der Waals surface area (Å²) in [6.45, 7) is 5.94. The first-order chi connectivity index (χ1) is 10.3. The van der Waals surface area contributed by atoms with Gasteiger partial charge in [-0.25, -0.2) is 0 Å². The van der Waals surface area contributed by atoms with Gasteiger partial charge in [0.05, 0.1) is 24.2 Å². The van der Waals surface area contributed by atoms with Crippen molar-refractivity contribution in [2.75, 3.05) is 26.7 Å². The van der Waals surface area contributed by atoms with Crippen molar-refractivity contribution in [3.8, 4) is 0 Å². The van der Waals surface area contributed by atoms with Crippen LogP contribution in [0.1, 0.15) is 24.1 Å². The zero-order chi connectivity index (χ0) is 14.7. The van der Waals surface area contributed by atoms with Crippen molar-refractivity contribution in [2.45, 2.75) is 31.9 Å². The van der Waals surface area contributed by atoms with E-state index < -0.39 is 0 Å². The Bertz CT molecular complexity index is 552. The molecule has 2 atom stereocenters. The third kappa shape index (κ3) is 3.14. The maximum Gasteiger partial charge on any atom is 0.0894 e. The number of hydrogen-bond acceptors (Lipinski definition) is 5. The number of rotatable bonds is 6. The van der Waals surface area contributed by atoms with Gasteiger partial charge in [-0.05, 0) is 18.9 Å². The number of methoxy groups -OCH3 is 1. The van der Waals surface area contributed by atoms with Crippen molar-refractivity contribution in [3.63, 3.8) is 0 Å². The molecule has 114 valence electrons. The molecular weight excluding hydrogens is 268 g/mol. The van der Waals surface area contributed by atoms with Crippen molar-refractivity contribution < 1.29 is 4.74 Å². The first kappa shape index (κ1) is 14.2. The Labute approximate surface area is 124 Å². The van der Waals surface area contributed by atoms with Crippen LogP contribution in [0.3, 0.4) is 0 Å². The molecule has 7 heteroatoms. The molecule has 21 heavy (non-hydrogen) atoms. The van der Waals surface area contributed by atoms with Crippen molar-refractivity contribution in [2.24, 2.45) is 0 Å². The standard InChI is InChI=1S/C14H22N6O/c1-3-20-8-11(6-16-20)4-5-19-9-12(14(10-19)21-2)13-7-15-18-17-13/h6-8,12,14H,3-5,9-10H2,1-2H3,(H,15,17,18)/t12-,14+/m0/s1. The minimum atomic E-state index is 0.188. The van der Waals surface area contributed by atoms with Gasteiger partial charge in [0, 0.05) is 45.4 Å². The average molecular weight is 290 g/mol. The van der Waals surface area contributed by atoms with Gasteiger partial charge in [-0.2, -0.15) is 20.5 Å². The summed E-state index contributed by atoms with van der Waals surface area (Å²) in [5, 5.41) is 15.1. The largest absolute Gasteiger partial charge is 0.379 e. The van der Waals surface area contributed by atoms with E-state index in [1.54, 1.807) is 13.3 Å². The Morgan fingerprint density at radius 3 is 2.95 bits per heavy atom. The second-order valence-electron chi connectivity index (χ2n) is 5.49. The summed E-state index contributed by atoms with van der Waals surface area (Å²) in [7, 11) is 1.77. The van der Waals surface area contributed by atoms with Crippen LogP contribution in [0.4, 0.5) is 0 Å². The van der Waals surface area contributed by atoms with Crippen LogP contribution in [0.25, 0.3) is 0 Å². The third-order valence-corrected chi connectivity index (χ3v) is 4.19. The van der Waals surface area contributed by atoms with E-state index in [-0.39, 0.29) is 6.10 Å². The lowest BCUT2D eigenvalue weighted by Crippen LogP contribution is -2.25. The van der Waals surface area contributed by atoms with E-state index in [1.807, 2.05) is 10.9 Å². The number of aromatic amines is 1. The second kappa shape index (κ2) is 6.36. The predicted octanol–water partition coefficient (Wildman–Crippen LogP) is 0.678. The molecule has 0 aromatic carbocycles. The molecule has 0 bridgehead atoms. The number of aromatic nitrogens is 5. The fourth-order valence-corrected chi connectivity index (χ4v) is 2.94. The van der Waals surface area contributed by atoms with Crippen molar-refractivity contribution >= 4 is 0 Å². The number of nitrogens with one attached hydrogen (secondary N) is 1. The predicted molar refractivity (Wildman–Crippen MR) is 78.0 cm³/mol. The minimum Gasteiger partial charge on any atom is -0.379 e. The van der Waals surface area contributed by atoms with Crippen LogP contribution >= 0.6 is 0 Å². The lowest BCUT2D eigenvalue weighted by molar-refractivity contribution is 0.0965. The van der Waals surface area contributed by atoms with Gasteiger partial charge in [0.25, 0.3) is 0 Å². The van der Waals surface area contributed by atoms with Gasteiger partial charge < -0.3 is 4.74 Å². The molecule has 2 aromatic heterocycles. The van der Waals surface area contributed by atoms with E-state index >= 15 is 0 Å². The Kier molecular flexibility index (Phi) is 4.31. The van der Waals surface area contributed by atoms with E-state index in [0.29, 0.717) is 5.92 Å². The smallest absolute Gasteiger partial charge is 0.0894 e. The van der Waals surface area contributed by atoms with Gasteiger partial charge in [0.2, 0.25) is 0 Å². The summed E-state index contributed by atoms with van der Waals surface area (Å²) >= 11 is 0. The first-order valence-corrected chi connectivity index (χ1v) is 7.42. The van der Waals surface area contributed by atoms with E-state index in [2.05, 4.69) is 38.5 Å². The molecule has 0 saturated carbocycles. The van der Waals surface area contributed by atoms with E-state index in [4.69, 9.17) is 4.74 Å². The van der Waals surface area contributed by atoms with Gasteiger partial charge in [-0.1, -0.05) is 0 Å². The van der Waals surface area contributed by atoms with E-state index in [1.165, 1.54) is 5.56 Å². The van der Waals surface area contributed by atoms with Gasteiger partial charge in [0.1, 0.15) is 0 Å². The van der Waals surface area contributed by atoms with Crippen LogP contribution in [0.15, 0.2) is 18.6 Å². The first-order valence-electron chi connectivity index (χ1n) is 7.42. The van der Waals surface area contributed by atoms with Crippen LogP contribution in [-0.4, -0.2) is 62.9 Å². The number of ether oxygens (including phenoxy) is 1. The average Bonchev–Trinajstić information content (AvgIpc) is 3.23. The molecule has 0 spiro atoms. The topological polar surface area (TPSA) is 71.9 Å². The monoisotopic (exact) mass is 290 g/mol. The van der Waals surface area contributed by atoms with E-state index in [0.717, 1.165) is 38.3 Å². The number of nitrogens with zero attached hydrogens (tertiary/aromatic N) is 5. The molecule has 1 aliphatic rings. The summed E-state index contributed by atoms with van der Waals surface area (Å²) in [4.78, 5) is 2.43. The highest BCUT2D eigenvalue weighted by Crippen LogP contribution is 2.27. The minimum absolute atomic E-state index is 0.188. The maximum atomic E-state index is 5.61. The molecule has 0 aliphatic carbocycles. The molecule has 0 radical (unpaired) electrons. The third-order valence-electron chi connectivity index (χ3n) is 4.19. The SMILES string of the molecule is CCn1cc(CCN2C[C@@H](OC)[C@H](c3cn[nH]n3)C2)cn1. The normalized spacial score (nSPS) is 23.0. The highest BCUT2D eigenvalue weighted by atomic mass is 16.5. The van der Waals surface area contributed by atoms with Crippen LogP contribution < -0.4 is 0 Å². The summed E-state index contributed by atoms with van der Waals surface area (Å²) in [5.41, 5.74) is 2.28. The maximum absolute atomic E-state index is 5.61. The number of likely N-dealkylation sites (tertiary alicyclic amines) is 1. The number of H-pyrrole nitrogens is 1. The highest BCUT2D eigenvalue weighted by molar-refractivity contribution is 5.10. The number of aryl methyl sites for hydroxylation is 1. The summed E-state index contributed by atoms with van der Waals surface area (Å²) < 4.78 is 7.58. The molecule has 3 rings (SSSR count). The summed E-state index contributed by atoms with van der Waals surface area (Å²) in [5.74, 6) is 0.298. The molecule has 1 saturated heterocycles. The molecule has 1 aliphatic heterocycles. The van der Waals surface area contributed by atoms with Crippen LogP contribution in [-0.2, 0) is 17.7 Å². The van der Waals surface area contributed by atoms with Crippen molar-refractivity contribution in [1.82, 2.24) is 30.1 Å². The molecule has 3 heterocycles. The molecule has 0 unspecified atom stereocenters.